The summed E-state index contributed by atoms with van der Waals surface area (Å²) in [4.78, 5) is 28.8. The molecule has 0 radical (unpaired) electrons. The van der Waals surface area contributed by atoms with E-state index in [1.54, 1.807) is 31.5 Å². The van der Waals surface area contributed by atoms with E-state index in [4.69, 9.17) is 0 Å². The molecule has 0 saturated carbocycles. The Bertz CT molecular complexity index is 690. The number of ketones is 1. The molecule has 0 unspecified atom stereocenters. The van der Waals surface area contributed by atoms with Crippen molar-refractivity contribution in [2.45, 2.75) is 26.7 Å². The minimum Gasteiger partial charge on any atom is -0.294 e. The molecule has 20 heavy (non-hydrogen) atoms. The quantitative estimate of drug-likeness (QED) is 0.608. The van der Waals surface area contributed by atoms with Crippen LogP contribution in [0.25, 0.3) is 5.82 Å². The van der Waals surface area contributed by atoms with Gasteiger partial charge in [0.25, 0.3) is 5.56 Å². The normalized spacial score (nSPS) is 10.5. The Hall–Kier alpha value is -2.17. The summed E-state index contributed by atoms with van der Waals surface area (Å²) < 4.78 is 1.43. The molecule has 2 heterocycles. The van der Waals surface area contributed by atoms with Crippen molar-refractivity contribution in [2.75, 3.05) is 0 Å². The molecule has 0 bridgehead atoms. The first kappa shape index (κ1) is 14.2. The summed E-state index contributed by atoms with van der Waals surface area (Å²) >= 11 is 0. The maximum Gasteiger partial charge on any atom is 0.267 e. The Labute approximate surface area is 118 Å². The summed E-state index contributed by atoms with van der Waals surface area (Å²) in [6.45, 7) is 3.72. The maximum absolute atomic E-state index is 12.5. The van der Waals surface area contributed by atoms with Crippen molar-refractivity contribution in [3.63, 3.8) is 0 Å². The zero-order chi connectivity index (χ0) is 14.7. The topological polar surface area (TPSA) is 52.0 Å². The fraction of sp³-hybridized carbons (Fsp3) is 0.267. The molecule has 0 aromatic carbocycles. The van der Waals surface area contributed by atoms with Crippen LogP contribution in [-0.4, -0.2) is 23.2 Å². The zero-order valence-electron chi connectivity index (χ0n) is 12.0. The number of aromatic nitrogens is 2. The van der Waals surface area contributed by atoms with Gasteiger partial charge >= 0.3 is 0 Å². The number of nitrogens with zero attached hydrogens (tertiary/aromatic N) is 2. The second-order valence-corrected chi connectivity index (χ2v) is 4.92. The second kappa shape index (κ2) is 5.86. The van der Waals surface area contributed by atoms with Gasteiger partial charge in [-0.2, -0.15) is 0 Å². The van der Waals surface area contributed by atoms with Gasteiger partial charge in [0.05, 0.1) is 5.56 Å². The highest BCUT2D eigenvalue weighted by Crippen LogP contribution is 2.09. The highest BCUT2D eigenvalue weighted by Gasteiger charge is 2.15. The standard InChI is InChI=1S/C15H17BN2O2/c1-3-4-12(19)14-10(2)7-8-18(15(14)20)13-6-5-11(16)9-17-13/h5-9H,3-4,16H2,1-2H3. The Morgan fingerprint density at radius 1 is 1.35 bits per heavy atom. The summed E-state index contributed by atoms with van der Waals surface area (Å²) in [5.41, 5.74) is 1.73. The van der Waals surface area contributed by atoms with Crippen LogP contribution in [0.15, 0.2) is 35.4 Å². The van der Waals surface area contributed by atoms with Crippen molar-refractivity contribution in [1.82, 2.24) is 9.55 Å². The smallest absolute Gasteiger partial charge is 0.267 e. The summed E-state index contributed by atoms with van der Waals surface area (Å²) in [5, 5.41) is 0. The van der Waals surface area contributed by atoms with Crippen molar-refractivity contribution in [2.24, 2.45) is 0 Å². The number of rotatable bonds is 4. The van der Waals surface area contributed by atoms with E-state index in [9.17, 15) is 9.59 Å². The SMILES string of the molecule is Bc1ccc(-n2ccc(C)c(C(=O)CCC)c2=O)nc1. The summed E-state index contributed by atoms with van der Waals surface area (Å²) in [7, 11) is 1.94. The average Bonchev–Trinajstić information content (AvgIpc) is 2.41. The van der Waals surface area contributed by atoms with Crippen molar-refractivity contribution >= 4 is 19.1 Å². The summed E-state index contributed by atoms with van der Waals surface area (Å²) in [6.07, 6.45) is 4.49. The highest BCUT2D eigenvalue weighted by atomic mass is 16.1. The molecule has 102 valence electrons. The Balaban J connectivity index is 2.57. The molecule has 0 aliphatic rings. The maximum atomic E-state index is 12.5. The molecule has 2 aromatic heterocycles. The van der Waals surface area contributed by atoms with Gasteiger partial charge in [-0.05, 0) is 31.0 Å². The van der Waals surface area contributed by atoms with E-state index in [-0.39, 0.29) is 16.9 Å². The van der Waals surface area contributed by atoms with E-state index in [0.29, 0.717) is 12.2 Å². The predicted octanol–water partition coefficient (Wildman–Crippen LogP) is 0.782. The molecule has 0 spiro atoms. The third kappa shape index (κ3) is 2.71. The largest absolute Gasteiger partial charge is 0.294 e. The molecule has 0 saturated heterocycles. The molecule has 0 amide bonds. The zero-order valence-corrected chi connectivity index (χ0v) is 12.0. The lowest BCUT2D eigenvalue weighted by Gasteiger charge is -2.09. The van der Waals surface area contributed by atoms with Gasteiger partial charge in [-0.15, -0.1) is 0 Å². The summed E-state index contributed by atoms with van der Waals surface area (Å²) in [6, 6.07) is 5.45. The molecular formula is C15H17BN2O2. The van der Waals surface area contributed by atoms with E-state index in [1.807, 2.05) is 20.8 Å². The number of hydrogen-bond acceptors (Lipinski definition) is 3. The van der Waals surface area contributed by atoms with E-state index >= 15 is 0 Å². The van der Waals surface area contributed by atoms with Crippen molar-refractivity contribution < 1.29 is 4.79 Å². The van der Waals surface area contributed by atoms with E-state index < -0.39 is 0 Å². The highest BCUT2D eigenvalue weighted by molar-refractivity contribution is 6.32. The third-order valence-corrected chi connectivity index (χ3v) is 3.20. The monoisotopic (exact) mass is 268 g/mol. The van der Waals surface area contributed by atoms with Crippen LogP contribution in [0.3, 0.4) is 0 Å². The molecule has 0 atom stereocenters. The van der Waals surface area contributed by atoms with Gasteiger partial charge in [-0.25, -0.2) is 4.98 Å². The first-order chi connectivity index (χ1) is 9.54. The molecule has 5 heteroatoms. The molecule has 0 N–H and O–H groups in total. The van der Waals surface area contributed by atoms with Gasteiger partial charge < -0.3 is 0 Å². The third-order valence-electron chi connectivity index (χ3n) is 3.20. The number of hydrogen-bond donors (Lipinski definition) is 0. The number of carbonyl (C=O) groups is 1. The Morgan fingerprint density at radius 3 is 2.70 bits per heavy atom. The van der Waals surface area contributed by atoms with Gasteiger partial charge in [0.2, 0.25) is 0 Å². The fourth-order valence-corrected chi connectivity index (χ4v) is 2.10. The number of carbonyl (C=O) groups excluding carboxylic acids is 1. The van der Waals surface area contributed by atoms with Crippen LogP contribution in [-0.2, 0) is 0 Å². The van der Waals surface area contributed by atoms with Crippen LogP contribution >= 0.6 is 0 Å². The lowest BCUT2D eigenvalue weighted by molar-refractivity contribution is 0.0979. The first-order valence-electron chi connectivity index (χ1n) is 6.73. The van der Waals surface area contributed by atoms with Crippen LogP contribution in [0.1, 0.15) is 35.7 Å². The number of aryl methyl sites for hydroxylation is 1. The van der Waals surface area contributed by atoms with Crippen LogP contribution in [0.5, 0.6) is 0 Å². The van der Waals surface area contributed by atoms with Crippen molar-refractivity contribution in [3.8, 4) is 5.82 Å². The van der Waals surface area contributed by atoms with Crippen LogP contribution in [0, 0.1) is 6.92 Å². The number of Topliss-reactive ketones (excluding diaryl/α,β-unsaturated/α-hetero) is 1. The van der Waals surface area contributed by atoms with Gasteiger partial charge in [-0.1, -0.05) is 18.5 Å². The minimum atomic E-state index is -0.292. The molecule has 2 aromatic rings. The minimum absolute atomic E-state index is 0.100. The van der Waals surface area contributed by atoms with Gasteiger partial charge in [0, 0.05) is 18.8 Å². The lowest BCUT2D eigenvalue weighted by atomic mass is 9.99. The van der Waals surface area contributed by atoms with E-state index in [2.05, 4.69) is 4.98 Å². The first-order valence-corrected chi connectivity index (χ1v) is 6.73. The van der Waals surface area contributed by atoms with Crippen LogP contribution < -0.4 is 11.0 Å². The summed E-state index contributed by atoms with van der Waals surface area (Å²) in [5.74, 6) is 0.433. The van der Waals surface area contributed by atoms with Crippen molar-refractivity contribution in [3.05, 3.63) is 52.1 Å². The van der Waals surface area contributed by atoms with Gasteiger partial charge in [0.1, 0.15) is 13.7 Å². The van der Waals surface area contributed by atoms with Crippen LogP contribution in [0.2, 0.25) is 0 Å². The second-order valence-electron chi connectivity index (χ2n) is 4.92. The lowest BCUT2D eigenvalue weighted by Crippen LogP contribution is -2.27. The van der Waals surface area contributed by atoms with E-state index in [1.165, 1.54) is 4.57 Å². The fourth-order valence-electron chi connectivity index (χ4n) is 2.10. The molecule has 0 aliphatic heterocycles. The van der Waals surface area contributed by atoms with Crippen molar-refractivity contribution in [1.29, 1.82) is 0 Å². The number of pyridine rings is 2. The molecule has 2 rings (SSSR count). The molecule has 4 nitrogen and oxygen atoms in total. The Kier molecular flexibility index (Phi) is 4.18. The van der Waals surface area contributed by atoms with E-state index in [0.717, 1.165) is 17.4 Å². The molecule has 0 fully saturated rings. The molecular weight excluding hydrogens is 251 g/mol. The molecule has 0 aliphatic carbocycles. The average molecular weight is 268 g/mol. The Morgan fingerprint density at radius 2 is 2.10 bits per heavy atom. The van der Waals surface area contributed by atoms with Gasteiger partial charge in [0.15, 0.2) is 5.78 Å². The van der Waals surface area contributed by atoms with Crippen LogP contribution in [0.4, 0.5) is 0 Å². The predicted molar refractivity (Wildman–Crippen MR) is 82.0 cm³/mol. The van der Waals surface area contributed by atoms with Gasteiger partial charge in [-0.3, -0.25) is 14.2 Å².